The molecule has 22 heavy (non-hydrogen) atoms. The van der Waals surface area contributed by atoms with Crippen molar-refractivity contribution in [1.82, 2.24) is 15.8 Å². The van der Waals surface area contributed by atoms with Gasteiger partial charge in [-0.1, -0.05) is 0 Å². The molecule has 0 bridgehead atoms. The van der Waals surface area contributed by atoms with Gasteiger partial charge in [0.05, 0.1) is 13.2 Å². The number of nitrogens with zero attached hydrogens (tertiary/aromatic N) is 2. The molecule has 0 amide bonds. The minimum absolute atomic E-state index is 0.268. The quantitative estimate of drug-likeness (QED) is 0.536. The van der Waals surface area contributed by atoms with Gasteiger partial charge in [0.25, 0.3) is 0 Å². The first-order valence-electron chi connectivity index (χ1n) is 7.52. The monoisotopic (exact) mass is 304 g/mol. The summed E-state index contributed by atoms with van der Waals surface area (Å²) in [6.45, 7) is 1.34. The number of guanidine groups is 1. The third-order valence-corrected chi connectivity index (χ3v) is 4.51. The minimum atomic E-state index is -1.07. The average molecular weight is 304 g/mol. The Balaban J connectivity index is 1.62. The number of nitrogens with two attached hydrogens (primary N) is 2. The molecule has 4 rings (SSSR count). The maximum Gasteiger partial charge on any atom is 0.210 e. The van der Waals surface area contributed by atoms with Crippen molar-refractivity contribution in [2.75, 3.05) is 13.2 Å². The van der Waals surface area contributed by atoms with Crippen LogP contribution >= 0.6 is 0 Å². The number of aliphatic imine (C=N–C) groups is 1. The SMILES string of the molecule is NC1=NC(N)(c2cnc3c(c2)CCC2(CC3)OCCO2)NN1. The molecule has 2 aliphatic heterocycles. The Labute approximate surface area is 128 Å². The van der Waals surface area contributed by atoms with E-state index in [-0.39, 0.29) is 5.96 Å². The van der Waals surface area contributed by atoms with E-state index in [1.54, 1.807) is 6.20 Å². The molecule has 6 N–H and O–H groups in total. The van der Waals surface area contributed by atoms with Crippen molar-refractivity contribution >= 4 is 5.96 Å². The van der Waals surface area contributed by atoms with E-state index in [1.807, 2.05) is 6.07 Å². The van der Waals surface area contributed by atoms with Crippen LogP contribution in [-0.2, 0) is 28.1 Å². The fourth-order valence-corrected chi connectivity index (χ4v) is 3.28. The van der Waals surface area contributed by atoms with E-state index in [9.17, 15) is 0 Å². The van der Waals surface area contributed by atoms with Crippen molar-refractivity contribution in [2.24, 2.45) is 16.5 Å². The van der Waals surface area contributed by atoms with Gasteiger partial charge in [-0.05, 0) is 24.5 Å². The molecule has 1 atom stereocenters. The highest BCUT2D eigenvalue weighted by atomic mass is 16.7. The molecule has 1 aromatic rings. The Morgan fingerprint density at radius 1 is 1.18 bits per heavy atom. The van der Waals surface area contributed by atoms with Crippen LogP contribution in [0, 0.1) is 0 Å². The summed E-state index contributed by atoms with van der Waals surface area (Å²) >= 11 is 0. The summed E-state index contributed by atoms with van der Waals surface area (Å²) in [4.78, 5) is 8.77. The van der Waals surface area contributed by atoms with E-state index in [2.05, 4.69) is 20.8 Å². The predicted molar refractivity (Wildman–Crippen MR) is 79.3 cm³/mol. The summed E-state index contributed by atoms with van der Waals surface area (Å²) in [6, 6.07) is 2.05. The number of fused-ring (bicyclic) bond motifs is 1. The zero-order valence-electron chi connectivity index (χ0n) is 12.3. The first-order chi connectivity index (χ1) is 10.6. The van der Waals surface area contributed by atoms with E-state index >= 15 is 0 Å². The Hall–Kier alpha value is -1.74. The van der Waals surface area contributed by atoms with E-state index in [0.717, 1.165) is 36.9 Å². The second kappa shape index (κ2) is 4.88. The van der Waals surface area contributed by atoms with Crippen molar-refractivity contribution in [3.05, 3.63) is 29.1 Å². The highest BCUT2D eigenvalue weighted by Gasteiger charge is 2.39. The number of rotatable bonds is 1. The topological polar surface area (TPSA) is 120 Å². The van der Waals surface area contributed by atoms with Gasteiger partial charge in [-0.15, -0.1) is 0 Å². The van der Waals surface area contributed by atoms with Crippen LogP contribution in [0.4, 0.5) is 0 Å². The summed E-state index contributed by atoms with van der Waals surface area (Å²) in [5.74, 6) is -1.24. The molecule has 1 saturated heterocycles. The molecule has 1 aromatic heterocycles. The molecule has 1 unspecified atom stereocenters. The summed E-state index contributed by atoms with van der Waals surface area (Å²) in [5, 5.41) is 0. The van der Waals surface area contributed by atoms with E-state index < -0.39 is 11.6 Å². The molecule has 8 heteroatoms. The Bertz CT molecular complexity index is 628. The third kappa shape index (κ3) is 2.24. The van der Waals surface area contributed by atoms with Gasteiger partial charge in [-0.3, -0.25) is 16.1 Å². The first kappa shape index (κ1) is 13.9. The van der Waals surface area contributed by atoms with Gasteiger partial charge in [0.1, 0.15) is 0 Å². The minimum Gasteiger partial charge on any atom is -0.369 e. The number of nitrogens with one attached hydrogen (secondary N) is 2. The molecule has 118 valence electrons. The molecule has 3 heterocycles. The van der Waals surface area contributed by atoms with E-state index in [1.165, 1.54) is 5.56 Å². The van der Waals surface area contributed by atoms with Crippen LogP contribution in [0.2, 0.25) is 0 Å². The number of hydrogen-bond acceptors (Lipinski definition) is 8. The highest BCUT2D eigenvalue weighted by Crippen LogP contribution is 2.34. The lowest BCUT2D eigenvalue weighted by Gasteiger charge is -2.25. The number of aromatic nitrogens is 1. The molecular formula is C14H20N6O2. The Morgan fingerprint density at radius 2 is 1.95 bits per heavy atom. The van der Waals surface area contributed by atoms with Gasteiger partial charge in [0.2, 0.25) is 11.7 Å². The zero-order valence-corrected chi connectivity index (χ0v) is 12.3. The molecule has 0 saturated carbocycles. The van der Waals surface area contributed by atoms with Gasteiger partial charge in [-0.2, -0.15) is 5.43 Å². The van der Waals surface area contributed by atoms with Gasteiger partial charge >= 0.3 is 0 Å². The lowest BCUT2D eigenvalue weighted by Crippen LogP contribution is -2.50. The molecule has 8 nitrogen and oxygen atoms in total. The molecule has 0 radical (unpaired) electrons. The Kier molecular flexibility index (Phi) is 3.08. The fourth-order valence-electron chi connectivity index (χ4n) is 3.28. The van der Waals surface area contributed by atoms with Crippen LogP contribution < -0.4 is 22.3 Å². The average Bonchev–Trinajstić information content (AvgIpc) is 3.06. The largest absolute Gasteiger partial charge is 0.369 e. The standard InChI is InChI=1S/C14H20N6O2/c15-12-18-14(16,20-19-12)10-7-9-1-3-13(21-5-6-22-13)4-2-11(9)17-8-10/h7-8,20H,1-6,16H2,(H3,15,18,19). The van der Waals surface area contributed by atoms with Gasteiger partial charge in [0, 0.05) is 30.3 Å². The smallest absolute Gasteiger partial charge is 0.210 e. The highest BCUT2D eigenvalue weighted by molar-refractivity contribution is 5.79. The van der Waals surface area contributed by atoms with Crippen molar-refractivity contribution < 1.29 is 9.47 Å². The van der Waals surface area contributed by atoms with E-state index in [0.29, 0.717) is 13.2 Å². The van der Waals surface area contributed by atoms with Crippen molar-refractivity contribution in [2.45, 2.75) is 37.3 Å². The van der Waals surface area contributed by atoms with E-state index in [4.69, 9.17) is 20.9 Å². The molecule has 0 aromatic carbocycles. The van der Waals surface area contributed by atoms with Crippen LogP contribution in [0.3, 0.4) is 0 Å². The van der Waals surface area contributed by atoms with Crippen LogP contribution in [0.1, 0.15) is 29.7 Å². The first-order valence-corrected chi connectivity index (χ1v) is 7.52. The number of aryl methyl sites for hydroxylation is 2. The second-order valence-corrected chi connectivity index (χ2v) is 5.95. The molecule has 1 aliphatic carbocycles. The third-order valence-electron chi connectivity index (χ3n) is 4.51. The second-order valence-electron chi connectivity index (χ2n) is 5.95. The van der Waals surface area contributed by atoms with Crippen LogP contribution in [0.5, 0.6) is 0 Å². The molecule has 1 spiro atoms. The lowest BCUT2D eigenvalue weighted by atomic mass is 10.0. The molecule has 1 fully saturated rings. The van der Waals surface area contributed by atoms with Crippen molar-refractivity contribution in [1.29, 1.82) is 0 Å². The lowest BCUT2D eigenvalue weighted by molar-refractivity contribution is -0.164. The number of hydrazine groups is 1. The Morgan fingerprint density at radius 3 is 2.68 bits per heavy atom. The summed E-state index contributed by atoms with van der Waals surface area (Å²) in [7, 11) is 0. The zero-order chi connectivity index (χ0) is 15.2. The number of ether oxygens (including phenoxy) is 2. The maximum absolute atomic E-state index is 6.23. The summed E-state index contributed by atoms with van der Waals surface area (Å²) in [6.07, 6.45) is 5.11. The van der Waals surface area contributed by atoms with Gasteiger partial charge in [-0.25, -0.2) is 4.99 Å². The number of pyridine rings is 1. The normalized spacial score (nSPS) is 29.8. The van der Waals surface area contributed by atoms with Gasteiger partial charge in [0.15, 0.2) is 5.79 Å². The fraction of sp³-hybridized carbons (Fsp3) is 0.571. The summed E-state index contributed by atoms with van der Waals surface area (Å²) < 4.78 is 11.6. The van der Waals surface area contributed by atoms with Crippen molar-refractivity contribution in [3.63, 3.8) is 0 Å². The molecular weight excluding hydrogens is 284 g/mol. The maximum atomic E-state index is 6.23. The summed E-state index contributed by atoms with van der Waals surface area (Å²) in [5.41, 5.74) is 20.5. The van der Waals surface area contributed by atoms with Crippen LogP contribution in [-0.4, -0.2) is 29.9 Å². The van der Waals surface area contributed by atoms with Crippen molar-refractivity contribution in [3.8, 4) is 0 Å². The van der Waals surface area contributed by atoms with Gasteiger partial charge < -0.3 is 15.2 Å². The van der Waals surface area contributed by atoms with Crippen LogP contribution in [0.25, 0.3) is 0 Å². The number of hydrogen-bond donors (Lipinski definition) is 4. The molecule has 3 aliphatic rings. The predicted octanol–water partition coefficient (Wildman–Crippen LogP) is -0.805. The van der Waals surface area contributed by atoms with Crippen LogP contribution in [0.15, 0.2) is 17.3 Å².